The zero-order valence-corrected chi connectivity index (χ0v) is 16.3. The maximum Gasteiger partial charge on any atom is 0.350 e. The largest absolute Gasteiger partial charge is 0.462 e. The van der Waals surface area contributed by atoms with Gasteiger partial charge < -0.3 is 15.0 Å². The molecule has 2 rings (SSSR count). The molecule has 0 spiro atoms. The Labute approximate surface area is 160 Å². The van der Waals surface area contributed by atoms with Crippen LogP contribution in [-0.2, 0) is 4.74 Å². The average Bonchev–Trinajstić information content (AvgIpc) is 3.07. The summed E-state index contributed by atoms with van der Waals surface area (Å²) in [6.45, 7) is 4.20. The number of urea groups is 1. The van der Waals surface area contributed by atoms with Gasteiger partial charge >= 0.3 is 12.0 Å². The zero-order valence-electron chi connectivity index (χ0n) is 15.5. The lowest BCUT2D eigenvalue weighted by Crippen LogP contribution is -2.28. The smallest absolute Gasteiger partial charge is 0.350 e. The molecule has 27 heavy (non-hydrogen) atoms. The molecule has 2 aromatic rings. The van der Waals surface area contributed by atoms with Gasteiger partial charge in [-0.2, -0.15) is 0 Å². The Morgan fingerprint density at radius 3 is 2.52 bits per heavy atom. The molecule has 0 aliphatic rings. The first-order valence-corrected chi connectivity index (χ1v) is 9.09. The van der Waals surface area contributed by atoms with Crippen molar-refractivity contribution in [1.82, 2.24) is 20.2 Å². The van der Waals surface area contributed by atoms with Gasteiger partial charge in [-0.05, 0) is 26.0 Å². The van der Waals surface area contributed by atoms with Crippen LogP contribution in [0.3, 0.4) is 0 Å². The van der Waals surface area contributed by atoms with Gasteiger partial charge in [0.1, 0.15) is 15.7 Å². The Morgan fingerprint density at radius 2 is 1.96 bits per heavy atom. The quantitative estimate of drug-likeness (QED) is 0.730. The van der Waals surface area contributed by atoms with Crippen molar-refractivity contribution in [3.05, 3.63) is 28.9 Å². The number of thiazole rings is 1. The lowest BCUT2D eigenvalue weighted by atomic mass is 10.3. The van der Waals surface area contributed by atoms with E-state index in [0.717, 1.165) is 11.3 Å². The molecule has 10 heteroatoms. The van der Waals surface area contributed by atoms with Crippen LogP contribution in [0.4, 0.5) is 10.6 Å². The molecule has 144 valence electrons. The number of carbonyl (C=O) groups is 3. The van der Waals surface area contributed by atoms with Gasteiger partial charge in [0.15, 0.2) is 5.69 Å². The highest BCUT2D eigenvalue weighted by Gasteiger charge is 2.26. The van der Waals surface area contributed by atoms with Gasteiger partial charge in [-0.3, -0.25) is 10.1 Å². The van der Waals surface area contributed by atoms with Crippen LogP contribution < -0.4 is 10.6 Å². The molecular formula is C17H21N5O4S. The second-order valence-corrected chi connectivity index (χ2v) is 6.53. The summed E-state index contributed by atoms with van der Waals surface area (Å²) in [6, 6.07) is 2.96. The van der Waals surface area contributed by atoms with Crippen LogP contribution in [0.2, 0.25) is 0 Å². The van der Waals surface area contributed by atoms with Gasteiger partial charge in [0.25, 0.3) is 5.91 Å². The first kappa shape index (κ1) is 20.3. The number of nitrogens with zero attached hydrogens (tertiary/aromatic N) is 3. The fraction of sp³-hybridized carbons (Fsp3) is 0.353. The standard InChI is InChI=1S/C17H21N5O4S/c1-5-18-17(25)20-11-8-7-10(9-19-11)14-21-12(15(23)22(3)4)13(27-14)16(24)26-6-2/h7-9H,5-6H2,1-4H3,(H2,18,19,20,25). The monoisotopic (exact) mass is 391 g/mol. The molecule has 0 bridgehead atoms. The van der Waals surface area contributed by atoms with Crippen LogP contribution in [0.1, 0.15) is 34.0 Å². The predicted octanol–water partition coefficient (Wildman–Crippen LogP) is 2.23. The number of anilines is 1. The Balaban J connectivity index is 2.32. The summed E-state index contributed by atoms with van der Waals surface area (Å²) in [5, 5.41) is 5.66. The second kappa shape index (κ2) is 9.08. The van der Waals surface area contributed by atoms with E-state index >= 15 is 0 Å². The van der Waals surface area contributed by atoms with Crippen molar-refractivity contribution in [2.45, 2.75) is 13.8 Å². The molecule has 2 heterocycles. The minimum Gasteiger partial charge on any atom is -0.462 e. The molecule has 3 amide bonds. The number of aromatic nitrogens is 2. The van der Waals surface area contributed by atoms with Gasteiger partial charge in [-0.1, -0.05) is 0 Å². The van der Waals surface area contributed by atoms with E-state index in [1.165, 1.54) is 11.1 Å². The van der Waals surface area contributed by atoms with Crippen LogP contribution in [0, 0.1) is 0 Å². The molecule has 0 aliphatic heterocycles. The molecule has 0 aliphatic carbocycles. The highest BCUT2D eigenvalue weighted by Crippen LogP contribution is 2.29. The second-order valence-electron chi connectivity index (χ2n) is 5.53. The normalized spacial score (nSPS) is 10.2. The summed E-state index contributed by atoms with van der Waals surface area (Å²) in [5.74, 6) is -0.603. The molecule has 0 radical (unpaired) electrons. The van der Waals surface area contributed by atoms with E-state index in [-0.39, 0.29) is 29.1 Å². The first-order valence-electron chi connectivity index (χ1n) is 8.28. The fourth-order valence-corrected chi connectivity index (χ4v) is 2.99. The summed E-state index contributed by atoms with van der Waals surface area (Å²) in [7, 11) is 3.17. The minimum absolute atomic E-state index is 0.0444. The summed E-state index contributed by atoms with van der Waals surface area (Å²) >= 11 is 1.06. The fourth-order valence-electron chi connectivity index (χ4n) is 2.05. The average molecular weight is 391 g/mol. The Kier molecular flexibility index (Phi) is 6.83. The molecule has 2 N–H and O–H groups in total. The molecule has 0 atom stereocenters. The van der Waals surface area contributed by atoms with Crippen LogP contribution in [0.25, 0.3) is 10.6 Å². The van der Waals surface area contributed by atoms with E-state index in [4.69, 9.17) is 4.74 Å². The summed E-state index contributed by atoms with van der Waals surface area (Å²) in [4.78, 5) is 46.0. The van der Waals surface area contributed by atoms with Crippen molar-refractivity contribution in [2.24, 2.45) is 0 Å². The van der Waals surface area contributed by atoms with Crippen molar-refractivity contribution >= 4 is 35.1 Å². The van der Waals surface area contributed by atoms with Crippen LogP contribution in [0.15, 0.2) is 18.3 Å². The van der Waals surface area contributed by atoms with Crippen LogP contribution in [-0.4, -0.2) is 60.0 Å². The van der Waals surface area contributed by atoms with Crippen molar-refractivity contribution < 1.29 is 19.1 Å². The van der Waals surface area contributed by atoms with E-state index in [9.17, 15) is 14.4 Å². The number of ether oxygens (including phenoxy) is 1. The lowest BCUT2D eigenvalue weighted by Gasteiger charge is -2.08. The molecule has 0 fully saturated rings. The highest BCUT2D eigenvalue weighted by atomic mass is 32.1. The number of amides is 3. The summed E-state index contributed by atoms with van der Waals surface area (Å²) in [6.07, 6.45) is 1.51. The number of carbonyl (C=O) groups excluding carboxylic acids is 3. The van der Waals surface area contributed by atoms with Gasteiger partial charge in [0.2, 0.25) is 0 Å². The van der Waals surface area contributed by atoms with Crippen LogP contribution >= 0.6 is 11.3 Å². The molecule has 0 saturated carbocycles. The van der Waals surface area contributed by atoms with Crippen molar-refractivity contribution in [1.29, 1.82) is 0 Å². The Hall–Kier alpha value is -3.01. The van der Waals surface area contributed by atoms with Crippen molar-refractivity contribution in [3.63, 3.8) is 0 Å². The highest BCUT2D eigenvalue weighted by molar-refractivity contribution is 7.17. The third kappa shape index (κ3) is 5.00. The number of hydrogen-bond acceptors (Lipinski definition) is 7. The number of pyridine rings is 1. The van der Waals surface area contributed by atoms with E-state index in [0.29, 0.717) is 22.9 Å². The zero-order chi connectivity index (χ0) is 20.0. The minimum atomic E-state index is -0.589. The Bertz CT molecular complexity index is 832. The van der Waals surface area contributed by atoms with Crippen LogP contribution in [0.5, 0.6) is 0 Å². The van der Waals surface area contributed by atoms with E-state index in [2.05, 4.69) is 20.6 Å². The molecule has 0 saturated heterocycles. The van der Waals surface area contributed by atoms with Gasteiger partial charge in [-0.25, -0.2) is 19.6 Å². The third-order valence-corrected chi connectivity index (χ3v) is 4.37. The molecule has 9 nitrogen and oxygen atoms in total. The summed E-state index contributed by atoms with van der Waals surface area (Å²) in [5.41, 5.74) is 0.660. The van der Waals surface area contributed by atoms with E-state index < -0.39 is 5.97 Å². The number of nitrogens with one attached hydrogen (secondary N) is 2. The maximum absolute atomic E-state index is 12.3. The van der Waals surface area contributed by atoms with Gasteiger partial charge in [0.05, 0.1) is 6.61 Å². The topological polar surface area (TPSA) is 114 Å². The summed E-state index contributed by atoms with van der Waals surface area (Å²) < 4.78 is 5.02. The van der Waals surface area contributed by atoms with Gasteiger partial charge in [-0.15, -0.1) is 11.3 Å². The molecular weight excluding hydrogens is 370 g/mol. The lowest BCUT2D eigenvalue weighted by molar-refractivity contribution is 0.0526. The number of esters is 1. The molecule has 0 unspecified atom stereocenters. The first-order chi connectivity index (χ1) is 12.9. The predicted molar refractivity (Wildman–Crippen MR) is 102 cm³/mol. The third-order valence-electron chi connectivity index (χ3n) is 3.29. The van der Waals surface area contributed by atoms with E-state index in [1.54, 1.807) is 33.2 Å². The maximum atomic E-state index is 12.3. The van der Waals surface area contributed by atoms with E-state index in [1.807, 2.05) is 6.92 Å². The molecule has 0 aromatic carbocycles. The Morgan fingerprint density at radius 1 is 1.22 bits per heavy atom. The number of hydrogen-bond donors (Lipinski definition) is 2. The SMILES string of the molecule is CCNC(=O)Nc1ccc(-c2nc(C(=O)N(C)C)c(C(=O)OCC)s2)cn1. The van der Waals surface area contributed by atoms with Crippen molar-refractivity contribution in [3.8, 4) is 10.6 Å². The molecule has 2 aromatic heterocycles. The number of rotatable bonds is 6. The van der Waals surface area contributed by atoms with Crippen molar-refractivity contribution in [2.75, 3.05) is 32.6 Å². The van der Waals surface area contributed by atoms with Gasteiger partial charge in [0, 0.05) is 32.4 Å².